The molecular weight excluding hydrogens is 314 g/mol. The van der Waals surface area contributed by atoms with Crippen molar-refractivity contribution in [2.24, 2.45) is 0 Å². The molecule has 1 fully saturated rings. The number of hydrogen-bond donors (Lipinski definition) is 3. The van der Waals surface area contributed by atoms with Crippen molar-refractivity contribution in [1.29, 1.82) is 0 Å². The molecular formula is C15H17N5O2S. The van der Waals surface area contributed by atoms with E-state index < -0.39 is 6.03 Å². The number of nitrogens with one attached hydrogen (secondary N) is 3. The maximum absolute atomic E-state index is 11.7. The predicted molar refractivity (Wildman–Crippen MR) is 89.5 cm³/mol. The fourth-order valence-electron chi connectivity index (χ4n) is 2.01. The molecule has 120 valence electrons. The number of carbonyl (C=O) groups is 2. The molecule has 0 spiro atoms. The van der Waals surface area contributed by atoms with Crippen molar-refractivity contribution in [3.63, 3.8) is 0 Å². The average Bonchev–Trinajstić information content (AvgIpc) is 3.37. The number of para-hydroxylation sites is 1. The molecule has 1 aromatic heterocycles. The number of rotatable bonds is 5. The standard InChI is InChI=1S/C15H17N5O2S/c1-16-14(22)19-12(21)8-23-15-18-11-5-3-2-4-10(11)13(20-15)17-9-6-7-9/h2-5,9H,6-8H2,1H3,(H,17,18,20)(H2,16,19,21,22). The molecule has 1 aliphatic rings. The summed E-state index contributed by atoms with van der Waals surface area (Å²) in [6.07, 6.45) is 2.30. The molecule has 1 saturated carbocycles. The summed E-state index contributed by atoms with van der Waals surface area (Å²) in [5, 5.41) is 9.43. The zero-order valence-electron chi connectivity index (χ0n) is 12.6. The summed E-state index contributed by atoms with van der Waals surface area (Å²) in [4.78, 5) is 31.7. The molecule has 1 heterocycles. The first kappa shape index (κ1) is 15.5. The van der Waals surface area contributed by atoms with Crippen LogP contribution in [0.5, 0.6) is 0 Å². The van der Waals surface area contributed by atoms with Crippen molar-refractivity contribution < 1.29 is 9.59 Å². The lowest BCUT2D eigenvalue weighted by Crippen LogP contribution is -2.38. The fraction of sp³-hybridized carbons (Fsp3) is 0.333. The Morgan fingerprint density at radius 2 is 2.04 bits per heavy atom. The van der Waals surface area contributed by atoms with Gasteiger partial charge in [-0.2, -0.15) is 0 Å². The van der Waals surface area contributed by atoms with E-state index in [0.29, 0.717) is 11.2 Å². The number of hydrogen-bond acceptors (Lipinski definition) is 6. The molecule has 1 aromatic carbocycles. The van der Waals surface area contributed by atoms with Gasteiger partial charge in [0.2, 0.25) is 5.91 Å². The monoisotopic (exact) mass is 331 g/mol. The van der Waals surface area contributed by atoms with Crippen molar-refractivity contribution in [2.45, 2.75) is 24.0 Å². The summed E-state index contributed by atoms with van der Waals surface area (Å²) < 4.78 is 0. The molecule has 7 nitrogen and oxygen atoms in total. The molecule has 0 unspecified atom stereocenters. The summed E-state index contributed by atoms with van der Waals surface area (Å²) in [7, 11) is 1.46. The molecule has 3 amide bonds. The van der Waals surface area contributed by atoms with Crippen LogP contribution in [0.3, 0.4) is 0 Å². The van der Waals surface area contributed by atoms with E-state index >= 15 is 0 Å². The molecule has 8 heteroatoms. The third-order valence-corrected chi connectivity index (χ3v) is 4.16. The van der Waals surface area contributed by atoms with Gasteiger partial charge in [0.1, 0.15) is 5.82 Å². The molecule has 3 N–H and O–H groups in total. The molecule has 0 saturated heterocycles. The minimum atomic E-state index is -0.522. The molecule has 3 rings (SSSR count). The van der Waals surface area contributed by atoms with Gasteiger partial charge in [-0.1, -0.05) is 23.9 Å². The smallest absolute Gasteiger partial charge is 0.321 e. The highest BCUT2D eigenvalue weighted by Crippen LogP contribution is 2.29. The Balaban J connectivity index is 1.75. The predicted octanol–water partition coefficient (Wildman–Crippen LogP) is 1.75. The van der Waals surface area contributed by atoms with Gasteiger partial charge in [0.05, 0.1) is 11.3 Å². The largest absolute Gasteiger partial charge is 0.367 e. The van der Waals surface area contributed by atoms with E-state index in [1.165, 1.54) is 18.8 Å². The number of nitrogens with zero attached hydrogens (tertiary/aromatic N) is 2. The molecule has 0 radical (unpaired) electrons. The summed E-state index contributed by atoms with van der Waals surface area (Å²) in [5.74, 6) is 0.490. The summed E-state index contributed by atoms with van der Waals surface area (Å²) in [5.41, 5.74) is 0.833. The number of amides is 3. The fourth-order valence-corrected chi connectivity index (χ4v) is 2.66. The number of aromatic nitrogens is 2. The van der Waals surface area contributed by atoms with Crippen LogP contribution < -0.4 is 16.0 Å². The molecule has 0 atom stereocenters. The van der Waals surface area contributed by atoms with Gasteiger partial charge in [-0.3, -0.25) is 10.1 Å². The number of benzene rings is 1. The molecule has 1 aliphatic carbocycles. The normalized spacial score (nSPS) is 13.6. The number of imide groups is 1. The zero-order valence-corrected chi connectivity index (χ0v) is 13.4. The van der Waals surface area contributed by atoms with Crippen LogP contribution in [0.1, 0.15) is 12.8 Å². The molecule has 0 bridgehead atoms. The molecule has 23 heavy (non-hydrogen) atoms. The van der Waals surface area contributed by atoms with Gasteiger partial charge >= 0.3 is 6.03 Å². The van der Waals surface area contributed by atoms with Crippen molar-refractivity contribution in [2.75, 3.05) is 18.1 Å². The van der Waals surface area contributed by atoms with Gasteiger partial charge < -0.3 is 10.6 Å². The Morgan fingerprint density at radius 1 is 1.26 bits per heavy atom. The van der Waals surface area contributed by atoms with Crippen LogP contribution in [0, 0.1) is 0 Å². The number of thioether (sulfide) groups is 1. The van der Waals surface area contributed by atoms with E-state index in [1.807, 2.05) is 24.3 Å². The first-order chi connectivity index (χ1) is 11.2. The number of carbonyl (C=O) groups excluding carboxylic acids is 2. The highest BCUT2D eigenvalue weighted by Gasteiger charge is 2.22. The van der Waals surface area contributed by atoms with Crippen molar-refractivity contribution in [3.8, 4) is 0 Å². The van der Waals surface area contributed by atoms with Gasteiger partial charge in [-0.15, -0.1) is 0 Å². The zero-order chi connectivity index (χ0) is 16.2. The minimum absolute atomic E-state index is 0.0780. The van der Waals surface area contributed by atoms with Crippen LogP contribution in [-0.2, 0) is 4.79 Å². The highest BCUT2D eigenvalue weighted by molar-refractivity contribution is 7.99. The summed E-state index contributed by atoms with van der Waals surface area (Å²) in [6, 6.07) is 7.72. The number of anilines is 1. The highest BCUT2D eigenvalue weighted by atomic mass is 32.2. The Kier molecular flexibility index (Phi) is 4.61. The van der Waals surface area contributed by atoms with E-state index in [9.17, 15) is 9.59 Å². The van der Waals surface area contributed by atoms with Crippen molar-refractivity contribution in [1.82, 2.24) is 20.6 Å². The Morgan fingerprint density at radius 3 is 2.78 bits per heavy atom. The quantitative estimate of drug-likeness (QED) is 0.571. The van der Waals surface area contributed by atoms with Gasteiger partial charge in [-0.25, -0.2) is 14.8 Å². The minimum Gasteiger partial charge on any atom is -0.367 e. The van der Waals surface area contributed by atoms with Crippen LogP contribution in [-0.4, -0.2) is 40.7 Å². The van der Waals surface area contributed by atoms with Crippen LogP contribution in [0.4, 0.5) is 10.6 Å². The molecule has 2 aromatic rings. The van der Waals surface area contributed by atoms with Gasteiger partial charge in [0.25, 0.3) is 0 Å². The SMILES string of the molecule is CNC(=O)NC(=O)CSc1nc(NC2CC2)c2ccccc2n1. The second-order valence-corrected chi connectivity index (χ2v) is 6.15. The third kappa shape index (κ3) is 4.10. The lowest BCUT2D eigenvalue weighted by atomic mass is 10.2. The van der Waals surface area contributed by atoms with Crippen LogP contribution in [0.2, 0.25) is 0 Å². The van der Waals surface area contributed by atoms with Crippen LogP contribution in [0.15, 0.2) is 29.4 Å². The van der Waals surface area contributed by atoms with Crippen molar-refractivity contribution >= 4 is 40.4 Å². The van der Waals surface area contributed by atoms with Crippen LogP contribution in [0.25, 0.3) is 10.9 Å². The van der Waals surface area contributed by atoms with E-state index in [4.69, 9.17) is 0 Å². The van der Waals surface area contributed by atoms with E-state index in [1.54, 1.807) is 0 Å². The Bertz CT molecular complexity index is 748. The lowest BCUT2D eigenvalue weighted by molar-refractivity contribution is -0.117. The Labute approximate surface area is 137 Å². The lowest BCUT2D eigenvalue weighted by Gasteiger charge is -2.09. The average molecular weight is 331 g/mol. The number of fused-ring (bicyclic) bond motifs is 1. The van der Waals surface area contributed by atoms with Crippen molar-refractivity contribution in [3.05, 3.63) is 24.3 Å². The van der Waals surface area contributed by atoms with E-state index in [0.717, 1.165) is 29.6 Å². The first-order valence-electron chi connectivity index (χ1n) is 7.33. The number of urea groups is 1. The van der Waals surface area contributed by atoms with E-state index in [-0.39, 0.29) is 11.7 Å². The third-order valence-electron chi connectivity index (χ3n) is 3.31. The summed E-state index contributed by atoms with van der Waals surface area (Å²) in [6.45, 7) is 0. The van der Waals surface area contributed by atoms with Crippen LogP contribution >= 0.6 is 11.8 Å². The maximum atomic E-state index is 11.7. The van der Waals surface area contributed by atoms with Gasteiger partial charge in [0.15, 0.2) is 5.16 Å². The second kappa shape index (κ2) is 6.82. The summed E-state index contributed by atoms with van der Waals surface area (Å²) >= 11 is 1.20. The van der Waals surface area contributed by atoms with Gasteiger partial charge in [-0.05, 0) is 25.0 Å². The Hall–Kier alpha value is -2.35. The maximum Gasteiger partial charge on any atom is 0.321 e. The van der Waals surface area contributed by atoms with Gasteiger partial charge in [0, 0.05) is 18.5 Å². The molecule has 0 aliphatic heterocycles. The topological polar surface area (TPSA) is 96.0 Å². The second-order valence-electron chi connectivity index (χ2n) is 5.21. The van der Waals surface area contributed by atoms with E-state index in [2.05, 4.69) is 25.9 Å². The first-order valence-corrected chi connectivity index (χ1v) is 8.32.